The molecule has 1 N–H and O–H groups in total. The Morgan fingerprint density at radius 3 is 2.18 bits per heavy atom. The van der Waals surface area contributed by atoms with E-state index in [9.17, 15) is 18.0 Å². The zero-order valence-corrected chi connectivity index (χ0v) is 18.3. The standard InChI is InChI=1S/C27H26F3NO2/c1-3-24(33-18-21-11-15-23(16-12-21)27(28,29)30)25(22-13-9-19(2)10-14-22)26(32)31-17-20-7-5-4-6-8-20/h3-16,24-25H,1,17-18H2,2H3,(H,31,32)/t24-,25-/m1/s1. The second kappa shape index (κ2) is 11.0. The Hall–Kier alpha value is -3.38. The highest BCUT2D eigenvalue weighted by Gasteiger charge is 2.31. The number of nitrogens with one attached hydrogen (secondary N) is 1. The van der Waals surface area contributed by atoms with Gasteiger partial charge in [0.15, 0.2) is 0 Å². The van der Waals surface area contributed by atoms with Gasteiger partial charge in [0.25, 0.3) is 0 Å². The first-order valence-corrected chi connectivity index (χ1v) is 10.6. The van der Waals surface area contributed by atoms with Crippen LogP contribution in [0.3, 0.4) is 0 Å². The molecule has 0 radical (unpaired) electrons. The van der Waals surface area contributed by atoms with Gasteiger partial charge in [-0.3, -0.25) is 4.79 Å². The van der Waals surface area contributed by atoms with Crippen molar-refractivity contribution >= 4 is 5.91 Å². The molecule has 3 rings (SSSR count). The average molecular weight is 454 g/mol. The molecule has 0 aromatic heterocycles. The SMILES string of the molecule is C=C[C@@H](OCc1ccc(C(F)(F)F)cc1)[C@H](C(=O)NCc1ccccc1)c1ccc(C)cc1. The van der Waals surface area contributed by atoms with Crippen LogP contribution in [0.15, 0.2) is 91.5 Å². The van der Waals surface area contributed by atoms with Crippen LogP contribution >= 0.6 is 0 Å². The van der Waals surface area contributed by atoms with Crippen molar-refractivity contribution in [3.05, 3.63) is 119 Å². The van der Waals surface area contributed by atoms with Crippen molar-refractivity contribution in [3.63, 3.8) is 0 Å². The molecule has 0 saturated carbocycles. The molecule has 3 nitrogen and oxygen atoms in total. The van der Waals surface area contributed by atoms with E-state index in [-0.39, 0.29) is 12.5 Å². The van der Waals surface area contributed by atoms with Crippen molar-refractivity contribution in [2.24, 2.45) is 0 Å². The van der Waals surface area contributed by atoms with Crippen LogP contribution in [0, 0.1) is 6.92 Å². The highest BCUT2D eigenvalue weighted by atomic mass is 19.4. The molecule has 0 heterocycles. The molecule has 2 atom stereocenters. The number of hydrogen-bond donors (Lipinski definition) is 1. The van der Waals surface area contributed by atoms with Crippen molar-refractivity contribution in [1.82, 2.24) is 5.32 Å². The predicted molar refractivity (Wildman–Crippen MR) is 122 cm³/mol. The average Bonchev–Trinajstić information content (AvgIpc) is 2.81. The Balaban J connectivity index is 1.76. The number of alkyl halides is 3. The van der Waals surface area contributed by atoms with Gasteiger partial charge in [-0.1, -0.05) is 78.4 Å². The second-order valence-corrected chi connectivity index (χ2v) is 7.80. The summed E-state index contributed by atoms with van der Waals surface area (Å²) < 4.78 is 44.4. The van der Waals surface area contributed by atoms with E-state index >= 15 is 0 Å². The van der Waals surface area contributed by atoms with Crippen LogP contribution in [0.25, 0.3) is 0 Å². The van der Waals surface area contributed by atoms with E-state index in [4.69, 9.17) is 4.74 Å². The first-order valence-electron chi connectivity index (χ1n) is 10.6. The van der Waals surface area contributed by atoms with Gasteiger partial charge in [0.2, 0.25) is 5.91 Å². The van der Waals surface area contributed by atoms with Gasteiger partial charge < -0.3 is 10.1 Å². The van der Waals surface area contributed by atoms with E-state index in [0.717, 1.165) is 28.8 Å². The molecule has 0 aliphatic rings. The molecular weight excluding hydrogens is 427 g/mol. The van der Waals surface area contributed by atoms with Gasteiger partial charge in [0, 0.05) is 6.54 Å². The van der Waals surface area contributed by atoms with Gasteiger partial charge in [-0.05, 0) is 35.7 Å². The van der Waals surface area contributed by atoms with Crippen molar-refractivity contribution in [2.75, 3.05) is 0 Å². The van der Waals surface area contributed by atoms with Crippen LogP contribution < -0.4 is 5.32 Å². The van der Waals surface area contributed by atoms with Crippen LogP contribution in [-0.2, 0) is 28.9 Å². The summed E-state index contributed by atoms with van der Waals surface area (Å²) in [7, 11) is 0. The maximum Gasteiger partial charge on any atom is 0.416 e. The molecule has 3 aromatic rings. The molecule has 0 unspecified atom stereocenters. The van der Waals surface area contributed by atoms with E-state index in [1.54, 1.807) is 6.08 Å². The Bertz CT molecular complexity index is 1050. The molecular formula is C27H26F3NO2. The number of hydrogen-bond acceptors (Lipinski definition) is 2. The summed E-state index contributed by atoms with van der Waals surface area (Å²) in [6.07, 6.45) is -3.52. The van der Waals surface area contributed by atoms with Crippen LogP contribution in [0.2, 0.25) is 0 Å². The minimum Gasteiger partial charge on any atom is -0.368 e. The largest absolute Gasteiger partial charge is 0.416 e. The summed E-state index contributed by atoms with van der Waals surface area (Å²) in [6, 6.07) is 21.9. The molecule has 0 aliphatic carbocycles. The van der Waals surface area contributed by atoms with Gasteiger partial charge in [-0.25, -0.2) is 0 Å². The fraction of sp³-hybridized carbons (Fsp3) is 0.222. The van der Waals surface area contributed by atoms with Gasteiger partial charge in [0.1, 0.15) is 0 Å². The minimum atomic E-state index is -4.39. The number of carbonyl (C=O) groups is 1. The van der Waals surface area contributed by atoms with E-state index in [1.165, 1.54) is 12.1 Å². The zero-order chi connectivity index (χ0) is 23.8. The third-order valence-electron chi connectivity index (χ3n) is 5.31. The first-order chi connectivity index (χ1) is 15.8. The third-order valence-corrected chi connectivity index (χ3v) is 5.31. The topological polar surface area (TPSA) is 38.3 Å². The van der Waals surface area contributed by atoms with Crippen LogP contribution in [0.1, 0.15) is 33.7 Å². The number of ether oxygens (including phenoxy) is 1. The molecule has 0 saturated heterocycles. The summed E-state index contributed by atoms with van der Waals surface area (Å²) in [4.78, 5) is 13.2. The number of halogens is 3. The molecule has 172 valence electrons. The Morgan fingerprint density at radius 1 is 0.970 bits per heavy atom. The lowest BCUT2D eigenvalue weighted by molar-refractivity contribution is -0.137. The summed E-state index contributed by atoms with van der Waals surface area (Å²) in [6.45, 7) is 6.20. The van der Waals surface area contributed by atoms with Crippen molar-refractivity contribution in [2.45, 2.75) is 38.3 Å². The summed E-state index contributed by atoms with van der Waals surface area (Å²) >= 11 is 0. The second-order valence-electron chi connectivity index (χ2n) is 7.80. The van der Waals surface area contributed by atoms with E-state index < -0.39 is 23.8 Å². The minimum absolute atomic E-state index is 0.0448. The molecule has 3 aromatic carbocycles. The first kappa shape index (κ1) is 24.3. The van der Waals surface area contributed by atoms with Gasteiger partial charge in [-0.15, -0.1) is 6.58 Å². The van der Waals surface area contributed by atoms with Crippen molar-refractivity contribution in [1.29, 1.82) is 0 Å². The number of carbonyl (C=O) groups excluding carboxylic acids is 1. The smallest absolute Gasteiger partial charge is 0.368 e. The maximum atomic E-state index is 13.2. The van der Waals surface area contributed by atoms with Gasteiger partial charge >= 0.3 is 6.18 Å². The van der Waals surface area contributed by atoms with E-state index in [0.29, 0.717) is 12.1 Å². The summed E-state index contributed by atoms with van der Waals surface area (Å²) in [5.41, 5.74) is 2.65. The lowest BCUT2D eigenvalue weighted by Gasteiger charge is -2.25. The zero-order valence-electron chi connectivity index (χ0n) is 18.3. The molecule has 0 fully saturated rings. The fourth-order valence-electron chi connectivity index (χ4n) is 3.44. The molecule has 0 aliphatic heterocycles. The molecule has 6 heteroatoms. The van der Waals surface area contributed by atoms with E-state index in [1.807, 2.05) is 61.5 Å². The van der Waals surface area contributed by atoms with E-state index in [2.05, 4.69) is 11.9 Å². The highest BCUT2D eigenvalue weighted by Crippen LogP contribution is 2.30. The molecule has 33 heavy (non-hydrogen) atoms. The highest BCUT2D eigenvalue weighted by molar-refractivity contribution is 5.84. The third kappa shape index (κ3) is 6.80. The molecule has 1 amide bonds. The van der Waals surface area contributed by atoms with Gasteiger partial charge in [-0.2, -0.15) is 13.2 Å². The predicted octanol–water partition coefficient (Wildman–Crippen LogP) is 6.19. The lowest BCUT2D eigenvalue weighted by Crippen LogP contribution is -2.36. The Labute approximate surface area is 191 Å². The summed E-state index contributed by atoms with van der Waals surface area (Å²) in [5, 5.41) is 2.96. The van der Waals surface area contributed by atoms with Crippen LogP contribution in [0.5, 0.6) is 0 Å². The Morgan fingerprint density at radius 2 is 1.61 bits per heavy atom. The number of rotatable bonds is 9. The molecule has 0 spiro atoms. The quantitative estimate of drug-likeness (QED) is 0.393. The van der Waals surface area contributed by atoms with Crippen LogP contribution in [0.4, 0.5) is 13.2 Å². The monoisotopic (exact) mass is 453 g/mol. The van der Waals surface area contributed by atoms with Crippen molar-refractivity contribution in [3.8, 4) is 0 Å². The van der Waals surface area contributed by atoms with Crippen molar-refractivity contribution < 1.29 is 22.7 Å². The lowest BCUT2D eigenvalue weighted by atomic mass is 9.91. The number of aryl methyl sites for hydroxylation is 1. The Kier molecular flexibility index (Phi) is 8.06. The normalized spacial score (nSPS) is 13.2. The maximum absolute atomic E-state index is 13.2. The number of amides is 1. The molecule has 0 bridgehead atoms. The number of benzene rings is 3. The van der Waals surface area contributed by atoms with Crippen LogP contribution in [-0.4, -0.2) is 12.0 Å². The fourth-order valence-corrected chi connectivity index (χ4v) is 3.44. The summed E-state index contributed by atoms with van der Waals surface area (Å²) in [5.74, 6) is -0.888. The van der Waals surface area contributed by atoms with Gasteiger partial charge in [0.05, 0.1) is 24.2 Å².